The lowest BCUT2D eigenvalue weighted by molar-refractivity contribution is 0.724. The van der Waals surface area contributed by atoms with Gasteiger partial charge in [0.15, 0.2) is 0 Å². The molecule has 2 rings (SSSR count). The molecule has 3 heteroatoms. The van der Waals surface area contributed by atoms with Crippen LogP contribution in [0, 0.1) is 0 Å². The van der Waals surface area contributed by atoms with Gasteiger partial charge in [0.2, 0.25) is 0 Å². The first kappa shape index (κ1) is 11.6. The van der Waals surface area contributed by atoms with Crippen molar-refractivity contribution in [3.63, 3.8) is 0 Å². The average molecular weight is 236 g/mol. The molecule has 0 amide bonds. The summed E-state index contributed by atoms with van der Waals surface area (Å²) in [5.41, 5.74) is 2.49. The molecule has 0 saturated carbocycles. The van der Waals surface area contributed by atoms with Gasteiger partial charge in [-0.1, -0.05) is 6.92 Å². The molecule has 0 bridgehead atoms. The van der Waals surface area contributed by atoms with Gasteiger partial charge >= 0.3 is 0 Å². The fraction of sp³-hybridized carbons (Fsp3) is 0.538. The van der Waals surface area contributed by atoms with E-state index in [0.717, 1.165) is 5.25 Å². The predicted octanol–water partition coefficient (Wildman–Crippen LogP) is 3.06. The molecule has 2 unspecified atom stereocenters. The number of rotatable bonds is 3. The number of hydrogen-bond acceptors (Lipinski definition) is 3. The first-order valence-corrected chi connectivity index (χ1v) is 6.87. The molecule has 0 aromatic heterocycles. The summed E-state index contributed by atoms with van der Waals surface area (Å²) in [6, 6.07) is 9.30. The summed E-state index contributed by atoms with van der Waals surface area (Å²) in [5, 5.41) is 4.35. The van der Waals surface area contributed by atoms with Crippen molar-refractivity contribution in [3.05, 3.63) is 24.3 Å². The fourth-order valence-electron chi connectivity index (χ4n) is 1.99. The molecule has 1 fully saturated rings. The Morgan fingerprint density at radius 2 is 1.94 bits per heavy atom. The van der Waals surface area contributed by atoms with Crippen LogP contribution in [-0.4, -0.2) is 31.1 Å². The largest absolute Gasteiger partial charge is 0.381 e. The molecule has 1 aromatic rings. The maximum atomic E-state index is 3.62. The zero-order chi connectivity index (χ0) is 11.5. The molecule has 0 spiro atoms. The normalized spacial score (nSPS) is 24.4. The Bertz CT molecular complexity index is 334. The van der Waals surface area contributed by atoms with Crippen molar-refractivity contribution in [2.45, 2.75) is 24.6 Å². The Hall–Kier alpha value is -0.830. The molecule has 2 atom stereocenters. The molecule has 88 valence electrons. The van der Waals surface area contributed by atoms with E-state index in [9.17, 15) is 0 Å². The molecule has 1 saturated heterocycles. The van der Waals surface area contributed by atoms with E-state index in [1.54, 1.807) is 0 Å². The Morgan fingerprint density at radius 3 is 2.44 bits per heavy atom. The maximum absolute atomic E-state index is 3.62. The Labute approximate surface area is 102 Å². The summed E-state index contributed by atoms with van der Waals surface area (Å²) in [6.07, 6.45) is 1.28. The third-order valence-electron chi connectivity index (χ3n) is 3.11. The van der Waals surface area contributed by atoms with Crippen molar-refractivity contribution >= 4 is 23.1 Å². The van der Waals surface area contributed by atoms with Crippen LogP contribution >= 0.6 is 11.8 Å². The highest BCUT2D eigenvalue weighted by Gasteiger charge is 2.23. The highest BCUT2D eigenvalue weighted by molar-refractivity contribution is 8.00. The van der Waals surface area contributed by atoms with Crippen molar-refractivity contribution in [2.24, 2.45) is 0 Å². The standard InChI is InChI=1S/C13H20N2S/c1-10-13(8-9-16-10)14-11-4-6-12(7-5-11)15(2)3/h4-7,10,13-14H,8-9H2,1-3H3. The summed E-state index contributed by atoms with van der Waals surface area (Å²) in [5.74, 6) is 1.29. The van der Waals surface area contributed by atoms with Gasteiger partial charge in [-0.05, 0) is 36.4 Å². The summed E-state index contributed by atoms with van der Waals surface area (Å²) in [7, 11) is 4.14. The van der Waals surface area contributed by atoms with Crippen LogP contribution in [0.4, 0.5) is 11.4 Å². The van der Waals surface area contributed by atoms with E-state index in [-0.39, 0.29) is 0 Å². The SMILES string of the molecule is CC1SCCC1Nc1ccc(N(C)C)cc1. The topological polar surface area (TPSA) is 15.3 Å². The monoisotopic (exact) mass is 236 g/mol. The van der Waals surface area contributed by atoms with Gasteiger partial charge in [-0.3, -0.25) is 0 Å². The molecule has 1 heterocycles. The first-order chi connectivity index (χ1) is 7.66. The van der Waals surface area contributed by atoms with Crippen LogP contribution in [0.3, 0.4) is 0 Å². The zero-order valence-corrected chi connectivity index (χ0v) is 11.1. The fourth-order valence-corrected chi connectivity index (χ4v) is 3.19. The lowest BCUT2D eigenvalue weighted by atomic mass is 10.1. The quantitative estimate of drug-likeness (QED) is 0.868. The second-order valence-corrected chi connectivity index (χ2v) is 6.04. The van der Waals surface area contributed by atoms with Crippen molar-refractivity contribution < 1.29 is 0 Å². The smallest absolute Gasteiger partial charge is 0.0385 e. The molecule has 16 heavy (non-hydrogen) atoms. The van der Waals surface area contributed by atoms with Crippen LogP contribution < -0.4 is 10.2 Å². The minimum Gasteiger partial charge on any atom is -0.381 e. The van der Waals surface area contributed by atoms with Gasteiger partial charge in [-0.2, -0.15) is 11.8 Å². The Balaban J connectivity index is 1.99. The van der Waals surface area contributed by atoms with Crippen LogP contribution in [0.1, 0.15) is 13.3 Å². The third-order valence-corrected chi connectivity index (χ3v) is 4.44. The number of anilines is 2. The number of nitrogens with zero attached hydrogens (tertiary/aromatic N) is 1. The van der Waals surface area contributed by atoms with Crippen molar-refractivity contribution in [2.75, 3.05) is 30.1 Å². The van der Waals surface area contributed by atoms with E-state index in [4.69, 9.17) is 0 Å². The van der Waals surface area contributed by atoms with Gasteiger partial charge in [-0.25, -0.2) is 0 Å². The minimum atomic E-state index is 0.634. The number of thioether (sulfide) groups is 1. The van der Waals surface area contributed by atoms with E-state index in [0.29, 0.717) is 6.04 Å². The number of hydrogen-bond donors (Lipinski definition) is 1. The van der Waals surface area contributed by atoms with Crippen LogP contribution in [0.25, 0.3) is 0 Å². The van der Waals surface area contributed by atoms with Gasteiger partial charge < -0.3 is 10.2 Å². The van der Waals surface area contributed by atoms with Crippen molar-refractivity contribution in [1.82, 2.24) is 0 Å². The maximum Gasteiger partial charge on any atom is 0.0385 e. The summed E-state index contributed by atoms with van der Waals surface area (Å²) < 4.78 is 0. The van der Waals surface area contributed by atoms with Gasteiger partial charge in [0.1, 0.15) is 0 Å². The van der Waals surface area contributed by atoms with Crippen LogP contribution in [0.5, 0.6) is 0 Å². The predicted molar refractivity (Wildman–Crippen MR) is 74.7 cm³/mol. The molecular formula is C13H20N2S. The van der Waals surface area contributed by atoms with E-state index in [1.807, 2.05) is 0 Å². The third kappa shape index (κ3) is 2.64. The van der Waals surface area contributed by atoms with Gasteiger partial charge in [-0.15, -0.1) is 0 Å². The first-order valence-electron chi connectivity index (χ1n) is 5.82. The van der Waals surface area contributed by atoms with Crippen LogP contribution in [0.15, 0.2) is 24.3 Å². The lowest BCUT2D eigenvalue weighted by Gasteiger charge is -2.19. The molecule has 0 aliphatic carbocycles. The summed E-state index contributed by atoms with van der Waals surface area (Å²) in [4.78, 5) is 2.12. The Kier molecular flexibility index (Phi) is 3.64. The van der Waals surface area contributed by atoms with Gasteiger partial charge in [0, 0.05) is 36.8 Å². The summed E-state index contributed by atoms with van der Waals surface area (Å²) >= 11 is 2.06. The second kappa shape index (κ2) is 5.00. The zero-order valence-electron chi connectivity index (χ0n) is 10.2. The van der Waals surface area contributed by atoms with Gasteiger partial charge in [0.05, 0.1) is 0 Å². The molecule has 1 N–H and O–H groups in total. The average Bonchev–Trinajstić information content (AvgIpc) is 2.65. The van der Waals surface area contributed by atoms with Crippen LogP contribution in [-0.2, 0) is 0 Å². The second-order valence-electron chi connectivity index (χ2n) is 4.56. The Morgan fingerprint density at radius 1 is 1.25 bits per heavy atom. The van der Waals surface area contributed by atoms with E-state index in [2.05, 4.69) is 67.3 Å². The van der Waals surface area contributed by atoms with E-state index in [1.165, 1.54) is 23.5 Å². The molecule has 1 aromatic carbocycles. The minimum absolute atomic E-state index is 0.634. The highest BCUT2D eigenvalue weighted by Crippen LogP contribution is 2.29. The number of nitrogens with one attached hydrogen (secondary N) is 1. The van der Waals surface area contributed by atoms with E-state index < -0.39 is 0 Å². The van der Waals surface area contributed by atoms with E-state index >= 15 is 0 Å². The van der Waals surface area contributed by atoms with Crippen molar-refractivity contribution in [1.29, 1.82) is 0 Å². The molecule has 0 radical (unpaired) electrons. The highest BCUT2D eigenvalue weighted by atomic mass is 32.2. The summed E-state index contributed by atoms with van der Waals surface area (Å²) in [6.45, 7) is 2.31. The molecule has 2 nitrogen and oxygen atoms in total. The molecule has 1 aliphatic heterocycles. The van der Waals surface area contributed by atoms with Crippen LogP contribution in [0.2, 0.25) is 0 Å². The lowest BCUT2D eigenvalue weighted by Crippen LogP contribution is -2.24. The molecular weight excluding hydrogens is 216 g/mol. The van der Waals surface area contributed by atoms with Gasteiger partial charge in [0.25, 0.3) is 0 Å². The van der Waals surface area contributed by atoms with Crippen molar-refractivity contribution in [3.8, 4) is 0 Å². The molecule has 1 aliphatic rings. The number of benzene rings is 1.